The van der Waals surface area contributed by atoms with Gasteiger partial charge < -0.3 is 8.98 Å². The summed E-state index contributed by atoms with van der Waals surface area (Å²) in [5.74, 6) is 1.69. The highest BCUT2D eigenvalue weighted by atomic mass is 16.3. The number of aromatic nitrogens is 5. The molecule has 4 heterocycles. The molecule has 0 radical (unpaired) electrons. The van der Waals surface area contributed by atoms with Crippen LogP contribution in [0.25, 0.3) is 144 Å². The van der Waals surface area contributed by atoms with E-state index in [4.69, 9.17) is 19.4 Å². The normalized spacial score (nSPS) is 11.9. The zero-order valence-electron chi connectivity index (χ0n) is 38.2. The van der Waals surface area contributed by atoms with E-state index in [1.165, 1.54) is 37.9 Å². The fourth-order valence-corrected chi connectivity index (χ4v) is 11.2. The minimum atomic E-state index is 0.543. The Labute approximate surface area is 407 Å². The molecule has 0 N–H and O–H groups in total. The Morgan fingerprint density at radius 3 is 1.58 bits per heavy atom. The van der Waals surface area contributed by atoms with Crippen molar-refractivity contribution in [2.24, 2.45) is 0 Å². The van der Waals surface area contributed by atoms with Gasteiger partial charge in [-0.05, 0) is 80.7 Å². The van der Waals surface area contributed by atoms with Gasteiger partial charge in [0.1, 0.15) is 11.2 Å². The van der Waals surface area contributed by atoms with E-state index in [-0.39, 0.29) is 0 Å². The summed E-state index contributed by atoms with van der Waals surface area (Å²) in [6, 6.07) is 84.1. The number of para-hydroxylation sites is 3. The van der Waals surface area contributed by atoms with Crippen LogP contribution in [0.3, 0.4) is 0 Å². The van der Waals surface area contributed by atoms with Crippen LogP contribution in [0, 0.1) is 0 Å². The van der Waals surface area contributed by atoms with Crippen molar-refractivity contribution in [3.63, 3.8) is 0 Å². The van der Waals surface area contributed by atoms with Crippen molar-refractivity contribution < 1.29 is 4.42 Å². The smallest absolute Gasteiger partial charge is 0.238 e. The van der Waals surface area contributed by atoms with E-state index in [9.17, 15) is 0 Å². The summed E-state index contributed by atoms with van der Waals surface area (Å²) >= 11 is 0. The van der Waals surface area contributed by atoms with Gasteiger partial charge in [-0.15, -0.1) is 0 Å². The molecule has 0 saturated heterocycles. The zero-order chi connectivity index (χ0) is 46.6. The van der Waals surface area contributed by atoms with Gasteiger partial charge in [0, 0.05) is 55.1 Å². The number of hydrogen-bond acceptors (Lipinski definition) is 4. The SMILES string of the molecule is c1ccc(-c2nc(-c3cccc4oc5cc(-n6c7ccccc7c7cc8ccccc8cc76)c(-c6ccccc6-c6cccc7ccccc67)cc5c34)nc(-n3c4ccccc4c4ccccc43)n2)cc1. The first-order valence-corrected chi connectivity index (χ1v) is 24.0. The molecule has 15 aromatic rings. The summed E-state index contributed by atoms with van der Waals surface area (Å²) in [6.07, 6.45) is 0. The second kappa shape index (κ2) is 15.4. The van der Waals surface area contributed by atoms with Gasteiger partial charge in [-0.2, -0.15) is 9.97 Å². The molecule has 0 amide bonds. The lowest BCUT2D eigenvalue weighted by molar-refractivity contribution is 0.668. The predicted octanol–water partition coefficient (Wildman–Crippen LogP) is 16.9. The van der Waals surface area contributed by atoms with Crippen molar-refractivity contribution in [1.82, 2.24) is 24.1 Å². The Morgan fingerprint density at radius 2 is 0.831 bits per heavy atom. The third-order valence-corrected chi connectivity index (χ3v) is 14.4. The van der Waals surface area contributed by atoms with Crippen molar-refractivity contribution in [2.75, 3.05) is 0 Å². The summed E-state index contributed by atoms with van der Waals surface area (Å²) in [5.41, 5.74) is 13.1. The molecule has 330 valence electrons. The third kappa shape index (κ3) is 6.05. The molecule has 11 aromatic carbocycles. The zero-order valence-corrected chi connectivity index (χ0v) is 38.2. The van der Waals surface area contributed by atoms with Crippen LogP contribution < -0.4 is 0 Å². The van der Waals surface area contributed by atoms with Gasteiger partial charge >= 0.3 is 0 Å². The molecule has 15 rings (SSSR count). The largest absolute Gasteiger partial charge is 0.456 e. The van der Waals surface area contributed by atoms with Crippen molar-refractivity contribution in [2.45, 2.75) is 0 Å². The fraction of sp³-hybridized carbons (Fsp3) is 0. The molecule has 0 saturated carbocycles. The van der Waals surface area contributed by atoms with Crippen LogP contribution in [-0.4, -0.2) is 24.1 Å². The minimum Gasteiger partial charge on any atom is -0.456 e. The summed E-state index contributed by atoms with van der Waals surface area (Å²) in [4.78, 5) is 16.0. The van der Waals surface area contributed by atoms with E-state index in [1.54, 1.807) is 0 Å². The molecule has 0 aliphatic rings. The highest BCUT2D eigenvalue weighted by molar-refractivity contribution is 6.17. The van der Waals surface area contributed by atoms with Crippen LogP contribution >= 0.6 is 0 Å². The number of nitrogens with zero attached hydrogens (tertiary/aromatic N) is 5. The second-order valence-electron chi connectivity index (χ2n) is 18.3. The summed E-state index contributed by atoms with van der Waals surface area (Å²) in [5, 5.41) is 11.4. The van der Waals surface area contributed by atoms with Crippen molar-refractivity contribution in [3.05, 3.63) is 237 Å². The molecule has 0 aliphatic heterocycles. The Bertz CT molecular complexity index is 4600. The van der Waals surface area contributed by atoms with Gasteiger partial charge in [-0.1, -0.05) is 188 Å². The fourth-order valence-electron chi connectivity index (χ4n) is 11.2. The van der Waals surface area contributed by atoms with Gasteiger partial charge in [0.2, 0.25) is 5.95 Å². The Hall–Kier alpha value is -9.65. The molecule has 0 aliphatic carbocycles. The van der Waals surface area contributed by atoms with Crippen LogP contribution in [0.15, 0.2) is 241 Å². The average Bonchev–Trinajstić information content (AvgIpc) is 4.09. The number of benzene rings is 11. The highest BCUT2D eigenvalue weighted by Crippen LogP contribution is 2.46. The topological polar surface area (TPSA) is 61.7 Å². The monoisotopic (exact) mass is 905 g/mol. The number of fused-ring (bicyclic) bond motifs is 11. The number of rotatable bonds is 6. The minimum absolute atomic E-state index is 0.543. The standard InChI is InChI=1S/C65H39N5O/c1-2-19-41(20-3-1)63-66-64(68-65(67-63)70-56-33-14-10-27-48(56)49-28-11-15-34-57(49)70)51-31-17-35-60-62(51)54-38-53(47-26-9-8-25-46(47)45-30-16-23-40-18-6-7-24-44(40)45)59(39-61(54)71-60)69-55-32-13-12-29-50(55)52-36-42-21-4-5-22-43(42)37-58(52)69/h1-39H. The van der Waals surface area contributed by atoms with Crippen molar-refractivity contribution in [3.8, 4) is 56.7 Å². The third-order valence-electron chi connectivity index (χ3n) is 14.4. The van der Waals surface area contributed by atoms with Gasteiger partial charge in [-0.3, -0.25) is 4.57 Å². The lowest BCUT2D eigenvalue weighted by Gasteiger charge is -2.18. The molecular weight excluding hydrogens is 867 g/mol. The molecule has 6 heteroatoms. The maximum Gasteiger partial charge on any atom is 0.238 e. The van der Waals surface area contributed by atoms with E-state index < -0.39 is 0 Å². The number of hydrogen-bond donors (Lipinski definition) is 0. The maximum absolute atomic E-state index is 7.05. The van der Waals surface area contributed by atoms with E-state index in [1.807, 2.05) is 24.3 Å². The van der Waals surface area contributed by atoms with E-state index >= 15 is 0 Å². The van der Waals surface area contributed by atoms with Crippen molar-refractivity contribution >= 4 is 87.1 Å². The Balaban J connectivity index is 1.05. The summed E-state index contributed by atoms with van der Waals surface area (Å²) in [7, 11) is 0. The van der Waals surface area contributed by atoms with E-state index in [0.29, 0.717) is 17.6 Å². The summed E-state index contributed by atoms with van der Waals surface area (Å²) < 4.78 is 11.7. The molecule has 0 bridgehead atoms. The van der Waals surface area contributed by atoms with Crippen LogP contribution in [-0.2, 0) is 0 Å². The molecule has 0 spiro atoms. The predicted molar refractivity (Wildman–Crippen MR) is 293 cm³/mol. The van der Waals surface area contributed by atoms with E-state index in [0.717, 1.165) is 88.3 Å². The van der Waals surface area contributed by atoms with Crippen LogP contribution in [0.1, 0.15) is 0 Å². The molecule has 6 nitrogen and oxygen atoms in total. The summed E-state index contributed by atoms with van der Waals surface area (Å²) in [6.45, 7) is 0. The maximum atomic E-state index is 7.05. The van der Waals surface area contributed by atoms with Crippen LogP contribution in [0.4, 0.5) is 0 Å². The molecule has 0 fully saturated rings. The first-order chi connectivity index (χ1) is 35.2. The van der Waals surface area contributed by atoms with Crippen LogP contribution in [0.5, 0.6) is 0 Å². The van der Waals surface area contributed by atoms with Gasteiger partial charge in [0.05, 0.1) is 27.8 Å². The lowest BCUT2D eigenvalue weighted by Crippen LogP contribution is -2.06. The lowest BCUT2D eigenvalue weighted by atomic mass is 9.90. The quantitative estimate of drug-likeness (QED) is 0.167. The first kappa shape index (κ1) is 39.4. The molecule has 0 unspecified atom stereocenters. The Morgan fingerprint density at radius 1 is 0.296 bits per heavy atom. The van der Waals surface area contributed by atoms with Gasteiger partial charge in [-0.25, -0.2) is 4.98 Å². The highest BCUT2D eigenvalue weighted by Gasteiger charge is 2.25. The first-order valence-electron chi connectivity index (χ1n) is 24.0. The Kier molecular flexibility index (Phi) is 8.56. The average molecular weight is 906 g/mol. The molecule has 0 atom stereocenters. The molecule has 4 aromatic heterocycles. The van der Waals surface area contributed by atoms with Crippen molar-refractivity contribution in [1.29, 1.82) is 0 Å². The van der Waals surface area contributed by atoms with Crippen LogP contribution in [0.2, 0.25) is 0 Å². The molecule has 71 heavy (non-hydrogen) atoms. The van der Waals surface area contributed by atoms with Gasteiger partial charge in [0.15, 0.2) is 11.6 Å². The second-order valence-corrected chi connectivity index (χ2v) is 18.3. The van der Waals surface area contributed by atoms with E-state index in [2.05, 4.69) is 221 Å². The molecular formula is C65H39N5O. The van der Waals surface area contributed by atoms with Gasteiger partial charge in [0.25, 0.3) is 0 Å². The number of furan rings is 1.